The third kappa shape index (κ3) is 5.09. The molecule has 1 aliphatic rings. The Labute approximate surface area is 156 Å². The van der Waals surface area contributed by atoms with Gasteiger partial charge in [-0.1, -0.05) is 48.0 Å². The molecule has 138 valence electrons. The van der Waals surface area contributed by atoms with Crippen LogP contribution in [0.4, 0.5) is 5.69 Å². The molecule has 1 heterocycles. The minimum atomic E-state index is 0.122. The molecule has 0 aliphatic carbocycles. The molecule has 0 radical (unpaired) electrons. The lowest BCUT2D eigenvalue weighted by molar-refractivity contribution is -0.122. The van der Waals surface area contributed by atoms with Gasteiger partial charge in [-0.05, 0) is 38.0 Å². The van der Waals surface area contributed by atoms with Crippen LogP contribution in [0.1, 0.15) is 18.1 Å². The summed E-state index contributed by atoms with van der Waals surface area (Å²) >= 11 is 0. The molecule has 0 aromatic heterocycles. The Balaban J connectivity index is 1.42. The van der Waals surface area contributed by atoms with Gasteiger partial charge in [0, 0.05) is 37.9 Å². The Hall–Kier alpha value is -2.33. The standard InChI is InChI=1S/C22H29N3O/c1-18-8-10-21(11-9-18)25-15-14-24(16-19(25)2)17-22(26)23-13-12-20-6-4-3-5-7-20/h3-11,19H,12-17H2,1-2H3,(H,23,26)/t19-/m1/s1. The molecular formula is C22H29N3O. The van der Waals surface area contributed by atoms with E-state index in [4.69, 9.17) is 0 Å². The van der Waals surface area contributed by atoms with Crippen LogP contribution in [-0.2, 0) is 11.2 Å². The molecule has 1 N–H and O–H groups in total. The summed E-state index contributed by atoms with van der Waals surface area (Å²) in [5.41, 5.74) is 3.82. The number of carbonyl (C=O) groups is 1. The summed E-state index contributed by atoms with van der Waals surface area (Å²) in [6, 6.07) is 19.4. The molecule has 2 aromatic rings. The molecule has 0 unspecified atom stereocenters. The number of rotatable bonds is 6. The van der Waals surface area contributed by atoms with Gasteiger partial charge in [0.25, 0.3) is 0 Å². The normalized spacial score (nSPS) is 17.9. The fraction of sp³-hybridized carbons (Fsp3) is 0.409. The third-order valence-electron chi connectivity index (χ3n) is 5.02. The zero-order valence-corrected chi connectivity index (χ0v) is 15.8. The van der Waals surface area contributed by atoms with E-state index < -0.39 is 0 Å². The fourth-order valence-electron chi connectivity index (χ4n) is 3.55. The van der Waals surface area contributed by atoms with E-state index in [9.17, 15) is 4.79 Å². The molecule has 1 amide bonds. The molecule has 1 saturated heterocycles. The van der Waals surface area contributed by atoms with E-state index in [1.807, 2.05) is 18.2 Å². The highest BCUT2D eigenvalue weighted by Gasteiger charge is 2.24. The average molecular weight is 351 g/mol. The SMILES string of the molecule is Cc1ccc(N2CCN(CC(=O)NCCc3ccccc3)C[C@H]2C)cc1. The van der Waals surface area contributed by atoms with Gasteiger partial charge in [-0.3, -0.25) is 9.69 Å². The second kappa shape index (κ2) is 8.86. The number of nitrogens with one attached hydrogen (secondary N) is 1. The summed E-state index contributed by atoms with van der Waals surface area (Å²) in [6.07, 6.45) is 0.879. The number of benzene rings is 2. The monoisotopic (exact) mass is 351 g/mol. The van der Waals surface area contributed by atoms with E-state index >= 15 is 0 Å². The Morgan fingerprint density at radius 1 is 1.08 bits per heavy atom. The van der Waals surface area contributed by atoms with Crippen LogP contribution in [0.2, 0.25) is 0 Å². The lowest BCUT2D eigenvalue weighted by Gasteiger charge is -2.41. The lowest BCUT2D eigenvalue weighted by atomic mass is 10.1. The highest BCUT2D eigenvalue weighted by Crippen LogP contribution is 2.20. The van der Waals surface area contributed by atoms with Crippen LogP contribution in [-0.4, -0.2) is 49.6 Å². The first kappa shape index (κ1) is 18.5. The maximum Gasteiger partial charge on any atom is 0.234 e. The maximum absolute atomic E-state index is 12.2. The molecular weight excluding hydrogens is 322 g/mol. The van der Waals surface area contributed by atoms with Gasteiger partial charge >= 0.3 is 0 Å². The molecule has 0 spiro atoms. The zero-order valence-electron chi connectivity index (χ0n) is 15.8. The summed E-state index contributed by atoms with van der Waals surface area (Å²) in [6.45, 7) is 8.33. The summed E-state index contributed by atoms with van der Waals surface area (Å²) in [7, 11) is 0. The molecule has 1 fully saturated rings. The van der Waals surface area contributed by atoms with Gasteiger partial charge < -0.3 is 10.2 Å². The topological polar surface area (TPSA) is 35.6 Å². The molecule has 26 heavy (non-hydrogen) atoms. The Morgan fingerprint density at radius 3 is 2.50 bits per heavy atom. The second-order valence-corrected chi connectivity index (χ2v) is 7.20. The Bertz CT molecular complexity index is 699. The van der Waals surface area contributed by atoms with Gasteiger partial charge in [0.1, 0.15) is 0 Å². The number of hydrogen-bond donors (Lipinski definition) is 1. The molecule has 1 atom stereocenters. The van der Waals surface area contributed by atoms with Gasteiger partial charge in [0.2, 0.25) is 5.91 Å². The van der Waals surface area contributed by atoms with Crippen LogP contribution in [0.15, 0.2) is 54.6 Å². The van der Waals surface area contributed by atoms with Crippen molar-refractivity contribution in [2.45, 2.75) is 26.3 Å². The van der Waals surface area contributed by atoms with Gasteiger partial charge in [-0.15, -0.1) is 0 Å². The summed E-state index contributed by atoms with van der Waals surface area (Å²) < 4.78 is 0. The molecule has 0 saturated carbocycles. The average Bonchev–Trinajstić information content (AvgIpc) is 2.64. The van der Waals surface area contributed by atoms with Crippen LogP contribution in [0.25, 0.3) is 0 Å². The number of nitrogens with zero attached hydrogens (tertiary/aromatic N) is 2. The van der Waals surface area contributed by atoms with Crippen LogP contribution in [0.3, 0.4) is 0 Å². The summed E-state index contributed by atoms with van der Waals surface area (Å²) in [4.78, 5) is 16.9. The van der Waals surface area contributed by atoms with E-state index in [0.717, 1.165) is 26.1 Å². The van der Waals surface area contributed by atoms with Crippen LogP contribution >= 0.6 is 0 Å². The van der Waals surface area contributed by atoms with Crippen molar-refractivity contribution in [1.29, 1.82) is 0 Å². The van der Waals surface area contributed by atoms with Gasteiger partial charge in [-0.25, -0.2) is 0 Å². The molecule has 2 aromatic carbocycles. The molecule has 0 bridgehead atoms. The smallest absolute Gasteiger partial charge is 0.234 e. The van der Waals surface area contributed by atoms with Crippen molar-refractivity contribution in [2.75, 3.05) is 37.6 Å². The van der Waals surface area contributed by atoms with E-state index in [2.05, 4.69) is 65.4 Å². The minimum absolute atomic E-state index is 0.122. The quantitative estimate of drug-likeness (QED) is 0.869. The zero-order chi connectivity index (χ0) is 18.4. The van der Waals surface area contributed by atoms with Crippen molar-refractivity contribution in [3.63, 3.8) is 0 Å². The lowest BCUT2D eigenvalue weighted by Crippen LogP contribution is -2.54. The number of piperazine rings is 1. The van der Waals surface area contributed by atoms with Crippen molar-refractivity contribution in [3.8, 4) is 0 Å². The minimum Gasteiger partial charge on any atom is -0.366 e. The van der Waals surface area contributed by atoms with Crippen molar-refractivity contribution >= 4 is 11.6 Å². The second-order valence-electron chi connectivity index (χ2n) is 7.20. The summed E-state index contributed by atoms with van der Waals surface area (Å²) in [5.74, 6) is 0.122. The van der Waals surface area contributed by atoms with Gasteiger partial charge in [0.05, 0.1) is 6.54 Å². The largest absolute Gasteiger partial charge is 0.366 e. The third-order valence-corrected chi connectivity index (χ3v) is 5.02. The van der Waals surface area contributed by atoms with Crippen molar-refractivity contribution in [2.24, 2.45) is 0 Å². The predicted molar refractivity (Wildman–Crippen MR) is 108 cm³/mol. The number of hydrogen-bond acceptors (Lipinski definition) is 3. The number of carbonyl (C=O) groups excluding carboxylic acids is 1. The molecule has 4 nitrogen and oxygen atoms in total. The van der Waals surface area contributed by atoms with Crippen molar-refractivity contribution in [3.05, 3.63) is 65.7 Å². The van der Waals surface area contributed by atoms with Crippen LogP contribution in [0.5, 0.6) is 0 Å². The van der Waals surface area contributed by atoms with Crippen LogP contribution in [0, 0.1) is 6.92 Å². The Kier molecular flexibility index (Phi) is 6.29. The van der Waals surface area contributed by atoms with Crippen molar-refractivity contribution in [1.82, 2.24) is 10.2 Å². The first-order valence-corrected chi connectivity index (χ1v) is 9.48. The number of amides is 1. The first-order chi connectivity index (χ1) is 12.6. The highest BCUT2D eigenvalue weighted by atomic mass is 16.2. The summed E-state index contributed by atoms with van der Waals surface area (Å²) in [5, 5.41) is 3.05. The Morgan fingerprint density at radius 2 is 1.81 bits per heavy atom. The van der Waals surface area contributed by atoms with Gasteiger partial charge in [0.15, 0.2) is 0 Å². The first-order valence-electron chi connectivity index (χ1n) is 9.48. The van der Waals surface area contributed by atoms with Gasteiger partial charge in [-0.2, -0.15) is 0 Å². The number of aryl methyl sites for hydroxylation is 1. The van der Waals surface area contributed by atoms with Crippen molar-refractivity contribution < 1.29 is 4.79 Å². The molecule has 1 aliphatic heterocycles. The number of anilines is 1. The maximum atomic E-state index is 12.2. The van der Waals surface area contributed by atoms with E-state index in [0.29, 0.717) is 19.1 Å². The molecule has 3 rings (SSSR count). The fourth-order valence-corrected chi connectivity index (χ4v) is 3.55. The predicted octanol–water partition coefficient (Wildman–Crippen LogP) is 2.86. The van der Waals surface area contributed by atoms with E-state index in [-0.39, 0.29) is 5.91 Å². The van der Waals surface area contributed by atoms with E-state index in [1.54, 1.807) is 0 Å². The molecule has 4 heteroatoms. The van der Waals surface area contributed by atoms with E-state index in [1.165, 1.54) is 16.8 Å². The van der Waals surface area contributed by atoms with Crippen LogP contribution < -0.4 is 10.2 Å². The highest BCUT2D eigenvalue weighted by molar-refractivity contribution is 5.78.